The van der Waals surface area contributed by atoms with Gasteiger partial charge >= 0.3 is 0 Å². The van der Waals surface area contributed by atoms with Gasteiger partial charge < -0.3 is 23.5 Å². The van der Waals surface area contributed by atoms with Crippen molar-refractivity contribution in [2.45, 2.75) is 105 Å². The van der Waals surface area contributed by atoms with Crippen molar-refractivity contribution in [2.24, 2.45) is 0 Å². The summed E-state index contributed by atoms with van der Waals surface area (Å²) in [6.45, 7) is 26.7. The molecule has 5 nitrogen and oxygen atoms in total. The first-order valence-electron chi connectivity index (χ1n) is 39.0. The van der Waals surface area contributed by atoms with Gasteiger partial charge in [0, 0.05) is 77.8 Å². The van der Waals surface area contributed by atoms with Crippen LogP contribution < -0.4 is 26.2 Å². The first-order chi connectivity index (χ1) is 51.4. The number of hydrogen-bond acceptors (Lipinski definition) is 2. The van der Waals surface area contributed by atoms with E-state index in [2.05, 4.69) is 333 Å². The summed E-state index contributed by atoms with van der Waals surface area (Å²) in [6, 6.07) is 80.8. The smallest absolute Gasteiger partial charge is 0.252 e. The maximum Gasteiger partial charge on any atom is 0.252 e. The van der Waals surface area contributed by atoms with Crippen LogP contribution in [0.1, 0.15) is 116 Å². The highest BCUT2D eigenvalue weighted by Gasteiger charge is 2.45. The Balaban J connectivity index is 1.02. The Labute approximate surface area is 599 Å². The van der Waals surface area contributed by atoms with Gasteiger partial charge in [-0.05, 0) is 192 Å². The third-order valence-electron chi connectivity index (χ3n) is 21.2. The molecule has 0 aliphatic carbocycles. The highest BCUT2D eigenvalue weighted by molar-refractivity contribution is 7.00. The lowest BCUT2D eigenvalue weighted by Crippen LogP contribution is -2.61. The molecule has 0 fully saturated rings. The molecule has 0 amide bonds. The molecule has 0 saturated carbocycles. The summed E-state index contributed by atoms with van der Waals surface area (Å²) >= 11 is 0. The van der Waals surface area contributed by atoms with Crippen molar-refractivity contribution in [3.63, 3.8) is 0 Å². The van der Waals surface area contributed by atoms with E-state index in [0.717, 1.165) is 150 Å². The third-order valence-corrected chi connectivity index (χ3v) is 21.2. The van der Waals surface area contributed by atoms with Gasteiger partial charge in [-0.1, -0.05) is 253 Å². The minimum atomic E-state index is -0.499. The number of rotatable bonds is 7. The van der Waals surface area contributed by atoms with E-state index in [1.54, 1.807) is 4.57 Å². The fourth-order valence-corrected chi connectivity index (χ4v) is 15.9. The Morgan fingerprint density at radius 3 is 1.01 bits per heavy atom. The topological polar surface area (TPSA) is 21.3 Å². The zero-order valence-electron chi connectivity index (χ0n) is 66.8. The molecule has 13 aromatic carbocycles. The Hall–Kier alpha value is -11.1. The Bertz CT molecular complexity index is 6090. The molecule has 6 heteroatoms. The van der Waals surface area contributed by atoms with Crippen LogP contribution in [0.15, 0.2) is 279 Å². The van der Waals surface area contributed by atoms with Crippen LogP contribution in [-0.2, 0) is 21.7 Å². The van der Waals surface area contributed by atoms with Gasteiger partial charge in [0.25, 0.3) is 6.71 Å². The first-order valence-corrected chi connectivity index (χ1v) is 35.0. The molecule has 0 saturated heterocycles. The van der Waals surface area contributed by atoms with Crippen LogP contribution in [-0.4, -0.2) is 20.4 Å². The highest BCUT2D eigenvalue weighted by Crippen LogP contribution is 2.51. The zero-order valence-corrected chi connectivity index (χ0v) is 58.8. The molecular formula is C94H82BN5. The van der Waals surface area contributed by atoms with E-state index in [0.29, 0.717) is 5.69 Å². The second kappa shape index (κ2) is 22.2. The van der Waals surface area contributed by atoms with Crippen LogP contribution in [0, 0.1) is 0 Å². The molecule has 0 unspecified atom stereocenters. The molecule has 0 radical (unpaired) electrons. The molecule has 2 aliphatic rings. The summed E-state index contributed by atoms with van der Waals surface area (Å²) in [5.74, 6) is 0. The fraction of sp³-hybridized carbons (Fsp3) is 0.170. The van der Waals surface area contributed by atoms with Gasteiger partial charge in [0.2, 0.25) is 0 Å². The maximum absolute atomic E-state index is 10.1. The molecule has 3 aromatic heterocycles. The second-order valence-corrected chi connectivity index (χ2v) is 31.7. The predicted molar refractivity (Wildman–Crippen MR) is 429 cm³/mol. The molecule has 18 rings (SSSR count). The molecule has 0 bridgehead atoms. The van der Waals surface area contributed by atoms with Crippen LogP contribution in [0.5, 0.6) is 0 Å². The number of fused-ring (bicyclic) bond motifs is 13. The average Bonchev–Trinajstić information content (AvgIpc) is 1.13. The quantitative estimate of drug-likeness (QED) is 0.148. The number of nitrogens with zero attached hydrogens (tertiary/aromatic N) is 5. The van der Waals surface area contributed by atoms with Crippen LogP contribution in [0.2, 0.25) is 0 Å². The monoisotopic (exact) mass is 1300 g/mol. The van der Waals surface area contributed by atoms with Crippen molar-refractivity contribution in [2.75, 3.05) is 9.80 Å². The van der Waals surface area contributed by atoms with Gasteiger partial charge in [0.05, 0.1) is 49.8 Å². The van der Waals surface area contributed by atoms with Crippen LogP contribution in [0.4, 0.5) is 34.1 Å². The Morgan fingerprint density at radius 1 is 0.260 bits per heavy atom. The Morgan fingerprint density at radius 2 is 0.610 bits per heavy atom. The van der Waals surface area contributed by atoms with E-state index in [1.165, 1.54) is 0 Å². The minimum absolute atomic E-state index is 0.00968. The zero-order chi connectivity index (χ0) is 75.4. The van der Waals surface area contributed by atoms with Crippen LogP contribution in [0.25, 0.3) is 105 Å². The van der Waals surface area contributed by atoms with E-state index >= 15 is 0 Å². The van der Waals surface area contributed by atoms with Gasteiger partial charge in [-0.15, -0.1) is 0 Å². The lowest BCUT2D eigenvalue weighted by molar-refractivity contribution is 0.568. The van der Waals surface area contributed by atoms with Gasteiger partial charge in [-0.3, -0.25) is 0 Å². The summed E-state index contributed by atoms with van der Waals surface area (Å²) in [6.07, 6.45) is 0. The van der Waals surface area contributed by atoms with Crippen molar-refractivity contribution in [3.8, 4) is 39.3 Å². The van der Waals surface area contributed by atoms with E-state index in [1.807, 2.05) is 0 Å². The summed E-state index contributed by atoms with van der Waals surface area (Å²) < 4.78 is 83.5. The average molecular weight is 1300 g/mol. The molecule has 5 heterocycles. The second-order valence-electron chi connectivity index (χ2n) is 31.7. The molecule has 100 heavy (non-hydrogen) atoms. The summed E-state index contributed by atoms with van der Waals surface area (Å²) in [5.41, 5.74) is 22.7. The Kier molecular flexibility index (Phi) is 11.8. The van der Waals surface area contributed by atoms with E-state index in [4.69, 9.17) is 0 Å². The maximum atomic E-state index is 10.1. The molecule has 2 aliphatic heterocycles. The molecule has 486 valence electrons. The number of aromatic nitrogens is 3. The predicted octanol–water partition coefficient (Wildman–Crippen LogP) is 23.6. The fourth-order valence-electron chi connectivity index (χ4n) is 15.9. The van der Waals surface area contributed by atoms with Crippen LogP contribution in [0.3, 0.4) is 0 Å². The van der Waals surface area contributed by atoms with Crippen LogP contribution >= 0.6 is 0 Å². The summed E-state index contributed by atoms with van der Waals surface area (Å²) in [5, 5.41) is 4.51. The summed E-state index contributed by atoms with van der Waals surface area (Å²) in [7, 11) is 0. The molecule has 16 aromatic rings. The van der Waals surface area contributed by atoms with Crippen molar-refractivity contribution in [1.82, 2.24) is 13.7 Å². The lowest BCUT2D eigenvalue weighted by Gasteiger charge is -2.45. The lowest BCUT2D eigenvalue weighted by atomic mass is 9.33. The van der Waals surface area contributed by atoms with Gasteiger partial charge in [-0.2, -0.15) is 0 Å². The number of para-hydroxylation sites is 4. The van der Waals surface area contributed by atoms with Crippen molar-refractivity contribution in [1.29, 1.82) is 0 Å². The molecular weight excluding hydrogens is 1210 g/mol. The molecule has 0 atom stereocenters. The highest BCUT2D eigenvalue weighted by atomic mass is 15.2. The summed E-state index contributed by atoms with van der Waals surface area (Å²) in [4.78, 5) is 4.85. The number of anilines is 6. The first kappa shape index (κ1) is 53.0. The van der Waals surface area contributed by atoms with Crippen molar-refractivity contribution >= 4 is 123 Å². The van der Waals surface area contributed by atoms with Crippen molar-refractivity contribution in [3.05, 3.63) is 301 Å². The number of hydrogen-bond donors (Lipinski definition) is 0. The molecule has 0 N–H and O–H groups in total. The van der Waals surface area contributed by atoms with Gasteiger partial charge in [-0.25, -0.2) is 0 Å². The van der Waals surface area contributed by atoms with E-state index in [-0.39, 0.29) is 55.6 Å². The molecule has 0 spiro atoms. The largest absolute Gasteiger partial charge is 0.311 e. The van der Waals surface area contributed by atoms with E-state index in [9.17, 15) is 11.0 Å². The third kappa shape index (κ3) is 9.72. The minimum Gasteiger partial charge on any atom is -0.311 e. The SMILES string of the molecule is [2H]c1c([2H])c([2H])c2c(c1[2H])c1c([2H])c([2H])c([2H])c([2H])c1n2-c1cc2c3c(c1)N(c1cc(C(C)(C)C)cc(C(C)(C)C)c1)c1cc(-n4c5ccccc5c5cc(-c6ccccc6)ccc54)ccc1B3c1ccc(-n3c4ccccc4c4cc(-c5ccccc5)ccc43)cc1N2c1cc(C(C)(C)C)cc(C(C)(C)C)c1. The van der Waals surface area contributed by atoms with Gasteiger partial charge in [0.15, 0.2) is 0 Å². The standard InChI is InChI=1S/C94H82BN5/c1-91(2,3)63-49-64(92(4,5)6)52-69(51-63)99-86-55-67(96-82-37-25-21-33-74(82)76-47-61(39-45-84(76)96)59-27-15-13-16-28-59)41-43-78(86)95-79-44-42-68(97-83-38-26-22-34-75(83)77-48-62(40-46-85(77)97)60-29-17-14-18-30-60)56-87(79)100(70-53-65(93(7,8)9)50-66(54-70)94(10,11)12)89-58-71(57-88(99)90(89)95)98-80-35-23-19-31-72(80)73-32-20-24-36-81(73)98/h13-58H,1-12H3/i19D,20D,23D,24D,31D,32D,35D,36D. The normalized spacial score (nSPS) is 14.5. The van der Waals surface area contributed by atoms with E-state index < -0.39 is 43.0 Å². The van der Waals surface area contributed by atoms with Gasteiger partial charge in [0.1, 0.15) is 0 Å². The van der Waals surface area contributed by atoms with Crippen molar-refractivity contribution < 1.29 is 11.0 Å². The number of benzene rings is 13.